The molecule has 0 saturated carbocycles. The molecule has 17 heavy (non-hydrogen) atoms. The maximum atomic E-state index is 13.2. The monoisotopic (exact) mass is 230 g/mol. The third kappa shape index (κ3) is 1.58. The Morgan fingerprint density at radius 1 is 1.00 bits per heavy atom. The first kappa shape index (κ1) is 9.96. The number of halogens is 2. The van der Waals surface area contributed by atoms with E-state index in [1.54, 1.807) is 24.5 Å². The highest BCUT2D eigenvalue weighted by atomic mass is 19.2. The average molecular weight is 230 g/mol. The molecule has 84 valence electrons. The van der Waals surface area contributed by atoms with Crippen LogP contribution in [0.3, 0.4) is 0 Å². The number of fused-ring (bicyclic) bond motifs is 1. The summed E-state index contributed by atoms with van der Waals surface area (Å²) in [6, 6.07) is 7.52. The summed E-state index contributed by atoms with van der Waals surface area (Å²) >= 11 is 0. The van der Waals surface area contributed by atoms with Crippen LogP contribution in [0.4, 0.5) is 8.78 Å². The van der Waals surface area contributed by atoms with Gasteiger partial charge in [-0.05, 0) is 35.4 Å². The molecule has 0 radical (unpaired) electrons. The highest BCUT2D eigenvalue weighted by molar-refractivity contribution is 5.92. The second-order valence-corrected chi connectivity index (χ2v) is 3.73. The van der Waals surface area contributed by atoms with Crippen LogP contribution in [0.15, 0.2) is 42.7 Å². The van der Waals surface area contributed by atoms with Crippen LogP contribution in [0.2, 0.25) is 0 Å². The maximum Gasteiger partial charge on any atom is 0.159 e. The standard InChI is InChI=1S/C13H8F2N2/c14-11-2-1-8(7-12(11)15)9-3-5-16-13-10(9)4-6-17-13/h1-7H,(H,16,17). The first-order valence-electron chi connectivity index (χ1n) is 5.13. The molecule has 4 heteroatoms. The molecule has 0 aliphatic rings. The zero-order valence-corrected chi connectivity index (χ0v) is 8.74. The lowest BCUT2D eigenvalue weighted by Gasteiger charge is -2.03. The van der Waals surface area contributed by atoms with Crippen molar-refractivity contribution >= 4 is 11.0 Å². The Labute approximate surface area is 95.9 Å². The summed E-state index contributed by atoms with van der Waals surface area (Å²) in [6.07, 6.45) is 3.40. The van der Waals surface area contributed by atoms with E-state index in [9.17, 15) is 8.78 Å². The molecule has 3 aromatic rings. The first-order valence-corrected chi connectivity index (χ1v) is 5.13. The van der Waals surface area contributed by atoms with Gasteiger partial charge in [-0.3, -0.25) is 0 Å². The minimum atomic E-state index is -0.844. The molecule has 2 aromatic heterocycles. The number of rotatable bonds is 1. The lowest BCUT2D eigenvalue weighted by Crippen LogP contribution is -1.86. The Morgan fingerprint density at radius 2 is 1.88 bits per heavy atom. The number of hydrogen-bond donors (Lipinski definition) is 1. The molecule has 0 atom stereocenters. The van der Waals surface area contributed by atoms with E-state index >= 15 is 0 Å². The van der Waals surface area contributed by atoms with E-state index in [-0.39, 0.29) is 0 Å². The highest BCUT2D eigenvalue weighted by Crippen LogP contribution is 2.27. The summed E-state index contributed by atoms with van der Waals surface area (Å²) in [5.74, 6) is -1.68. The summed E-state index contributed by atoms with van der Waals surface area (Å²) in [4.78, 5) is 7.12. The Bertz CT molecular complexity index is 689. The van der Waals surface area contributed by atoms with E-state index < -0.39 is 11.6 Å². The van der Waals surface area contributed by atoms with Gasteiger partial charge in [0.25, 0.3) is 0 Å². The van der Waals surface area contributed by atoms with Crippen molar-refractivity contribution in [2.24, 2.45) is 0 Å². The number of nitrogens with one attached hydrogen (secondary N) is 1. The molecule has 0 saturated heterocycles. The fourth-order valence-electron chi connectivity index (χ4n) is 1.88. The van der Waals surface area contributed by atoms with Crippen molar-refractivity contribution in [1.29, 1.82) is 0 Å². The zero-order valence-electron chi connectivity index (χ0n) is 8.74. The third-order valence-corrected chi connectivity index (χ3v) is 2.69. The summed E-state index contributed by atoms with van der Waals surface area (Å²) < 4.78 is 26.1. The van der Waals surface area contributed by atoms with Gasteiger partial charge in [-0.2, -0.15) is 0 Å². The van der Waals surface area contributed by atoms with Gasteiger partial charge in [-0.1, -0.05) is 6.07 Å². The van der Waals surface area contributed by atoms with E-state index in [0.29, 0.717) is 5.56 Å². The van der Waals surface area contributed by atoms with E-state index in [1.165, 1.54) is 6.07 Å². The number of nitrogens with zero attached hydrogens (tertiary/aromatic N) is 1. The summed E-state index contributed by atoms with van der Waals surface area (Å²) in [5.41, 5.74) is 2.19. The molecule has 2 heterocycles. The quantitative estimate of drug-likeness (QED) is 0.680. The van der Waals surface area contributed by atoms with Crippen LogP contribution in [-0.2, 0) is 0 Å². The second-order valence-electron chi connectivity index (χ2n) is 3.73. The molecule has 0 unspecified atom stereocenters. The molecule has 1 N–H and O–H groups in total. The Hall–Kier alpha value is -2.23. The normalized spacial score (nSPS) is 10.9. The number of benzene rings is 1. The van der Waals surface area contributed by atoms with Crippen LogP contribution >= 0.6 is 0 Å². The van der Waals surface area contributed by atoms with E-state index in [1.807, 2.05) is 6.07 Å². The van der Waals surface area contributed by atoms with Gasteiger partial charge in [0.15, 0.2) is 11.6 Å². The Kier molecular flexibility index (Phi) is 2.14. The number of aromatic amines is 1. The van der Waals surface area contributed by atoms with Gasteiger partial charge in [0.2, 0.25) is 0 Å². The van der Waals surface area contributed by atoms with Crippen molar-refractivity contribution < 1.29 is 8.78 Å². The van der Waals surface area contributed by atoms with Gasteiger partial charge in [0.05, 0.1) is 0 Å². The predicted octanol–water partition coefficient (Wildman–Crippen LogP) is 3.51. The summed E-state index contributed by atoms with van der Waals surface area (Å²) in [5, 5.41) is 0.888. The van der Waals surface area contributed by atoms with Crippen molar-refractivity contribution in [3.8, 4) is 11.1 Å². The van der Waals surface area contributed by atoms with Crippen LogP contribution in [0.1, 0.15) is 0 Å². The average Bonchev–Trinajstić information content (AvgIpc) is 2.80. The lowest BCUT2D eigenvalue weighted by molar-refractivity contribution is 0.509. The molecular formula is C13H8F2N2. The van der Waals surface area contributed by atoms with Gasteiger partial charge in [-0.15, -0.1) is 0 Å². The Morgan fingerprint density at radius 3 is 2.71 bits per heavy atom. The molecule has 2 nitrogen and oxygen atoms in total. The minimum Gasteiger partial charge on any atom is -0.346 e. The maximum absolute atomic E-state index is 13.2. The predicted molar refractivity (Wildman–Crippen MR) is 61.4 cm³/mol. The zero-order chi connectivity index (χ0) is 11.8. The largest absolute Gasteiger partial charge is 0.346 e. The van der Waals surface area contributed by atoms with Crippen LogP contribution in [0, 0.1) is 11.6 Å². The number of pyridine rings is 1. The van der Waals surface area contributed by atoms with Crippen LogP contribution in [0.25, 0.3) is 22.2 Å². The van der Waals surface area contributed by atoms with E-state index in [0.717, 1.165) is 22.7 Å². The highest BCUT2D eigenvalue weighted by Gasteiger charge is 2.08. The van der Waals surface area contributed by atoms with Gasteiger partial charge in [0, 0.05) is 17.8 Å². The third-order valence-electron chi connectivity index (χ3n) is 2.69. The van der Waals surface area contributed by atoms with Crippen molar-refractivity contribution in [2.45, 2.75) is 0 Å². The van der Waals surface area contributed by atoms with Gasteiger partial charge >= 0.3 is 0 Å². The molecule has 0 bridgehead atoms. The molecule has 1 aromatic carbocycles. The van der Waals surface area contributed by atoms with Crippen LogP contribution in [0.5, 0.6) is 0 Å². The molecule has 0 fully saturated rings. The SMILES string of the molecule is Fc1ccc(-c2ccnc3[nH]ccc23)cc1F. The van der Waals surface area contributed by atoms with Gasteiger partial charge < -0.3 is 4.98 Å². The molecule has 0 aliphatic heterocycles. The topological polar surface area (TPSA) is 28.7 Å². The molecule has 0 aliphatic carbocycles. The van der Waals surface area contributed by atoms with Gasteiger partial charge in [0.1, 0.15) is 5.65 Å². The fraction of sp³-hybridized carbons (Fsp3) is 0. The van der Waals surface area contributed by atoms with Crippen molar-refractivity contribution in [3.63, 3.8) is 0 Å². The number of H-pyrrole nitrogens is 1. The molecule has 0 amide bonds. The first-order chi connectivity index (χ1) is 8.25. The Balaban J connectivity index is 2.26. The minimum absolute atomic E-state index is 0.635. The molecule has 3 rings (SSSR count). The lowest BCUT2D eigenvalue weighted by atomic mass is 10.0. The van der Waals surface area contributed by atoms with Gasteiger partial charge in [-0.25, -0.2) is 13.8 Å². The van der Waals surface area contributed by atoms with Crippen molar-refractivity contribution in [3.05, 3.63) is 54.4 Å². The smallest absolute Gasteiger partial charge is 0.159 e. The summed E-state index contributed by atoms with van der Waals surface area (Å²) in [7, 11) is 0. The number of aromatic nitrogens is 2. The molecule has 0 spiro atoms. The van der Waals surface area contributed by atoms with Crippen LogP contribution < -0.4 is 0 Å². The second kappa shape index (κ2) is 3.66. The van der Waals surface area contributed by atoms with Crippen molar-refractivity contribution in [2.75, 3.05) is 0 Å². The number of hydrogen-bond acceptors (Lipinski definition) is 1. The summed E-state index contributed by atoms with van der Waals surface area (Å²) in [6.45, 7) is 0. The van der Waals surface area contributed by atoms with E-state index in [2.05, 4.69) is 9.97 Å². The van der Waals surface area contributed by atoms with E-state index in [4.69, 9.17) is 0 Å². The fourth-order valence-corrected chi connectivity index (χ4v) is 1.88. The van der Waals surface area contributed by atoms with Crippen molar-refractivity contribution in [1.82, 2.24) is 9.97 Å². The molecular weight excluding hydrogens is 222 g/mol. The van der Waals surface area contributed by atoms with Crippen LogP contribution in [-0.4, -0.2) is 9.97 Å².